The summed E-state index contributed by atoms with van der Waals surface area (Å²) in [5.74, 6) is 0.418. The van der Waals surface area contributed by atoms with Crippen LogP contribution in [0.1, 0.15) is 75.4 Å². The van der Waals surface area contributed by atoms with Gasteiger partial charge in [-0.25, -0.2) is 12.7 Å². The third-order valence-electron chi connectivity index (χ3n) is 7.40. The molecule has 204 valence electrons. The average molecular weight is 528 g/mol. The number of sulfonamides is 1. The van der Waals surface area contributed by atoms with Gasteiger partial charge >= 0.3 is 0 Å². The SMILES string of the molecule is CCCN(CC1CCN(S(C)(=O)=O)CC1)C(C)Cc1cccc(NC(=O)c2ccc(C(C)(C)C)cc2)c1. The molecular formula is C30H45N3O3S. The first-order chi connectivity index (χ1) is 17.4. The molecule has 6 nitrogen and oxygen atoms in total. The minimum absolute atomic E-state index is 0.0547. The first kappa shape index (κ1) is 29.3. The molecule has 2 aromatic rings. The average Bonchev–Trinajstić information content (AvgIpc) is 2.83. The number of hydrogen-bond donors (Lipinski definition) is 1. The van der Waals surface area contributed by atoms with Crippen molar-refractivity contribution in [2.45, 2.75) is 71.8 Å². The monoisotopic (exact) mass is 527 g/mol. The summed E-state index contributed by atoms with van der Waals surface area (Å²) in [5.41, 5.74) is 3.92. The normalized spacial score (nSPS) is 16.6. The zero-order valence-electron chi connectivity index (χ0n) is 23.5. The van der Waals surface area contributed by atoms with Gasteiger partial charge in [0.2, 0.25) is 10.0 Å². The third-order valence-corrected chi connectivity index (χ3v) is 8.70. The maximum atomic E-state index is 12.8. The van der Waals surface area contributed by atoms with Crippen molar-refractivity contribution in [1.29, 1.82) is 0 Å². The standard InChI is InChI=1S/C30H45N3O3S/c1-7-17-32(22-24-15-18-33(19-16-24)37(6,35)36)23(2)20-25-9-8-10-28(21-25)31-29(34)26-11-13-27(14-12-26)30(3,4)5/h8-14,21,23-24H,7,15-20,22H2,1-6H3,(H,31,34). The summed E-state index contributed by atoms with van der Waals surface area (Å²) in [5, 5.41) is 3.06. The summed E-state index contributed by atoms with van der Waals surface area (Å²) in [6.45, 7) is 14.2. The number of carbonyl (C=O) groups excluding carboxylic acids is 1. The van der Waals surface area contributed by atoms with Crippen LogP contribution in [0.15, 0.2) is 48.5 Å². The van der Waals surface area contributed by atoms with Gasteiger partial charge in [0.15, 0.2) is 0 Å². The van der Waals surface area contributed by atoms with E-state index in [2.05, 4.69) is 57.0 Å². The molecule has 1 atom stereocenters. The van der Waals surface area contributed by atoms with Crippen molar-refractivity contribution in [2.24, 2.45) is 5.92 Å². The smallest absolute Gasteiger partial charge is 0.255 e. The molecule has 0 aliphatic carbocycles. The zero-order valence-corrected chi connectivity index (χ0v) is 24.3. The number of rotatable bonds is 10. The van der Waals surface area contributed by atoms with E-state index in [-0.39, 0.29) is 11.3 Å². The van der Waals surface area contributed by atoms with Gasteiger partial charge < -0.3 is 10.2 Å². The molecular weight excluding hydrogens is 482 g/mol. The second kappa shape index (κ2) is 12.5. The number of anilines is 1. The van der Waals surface area contributed by atoms with Crippen molar-refractivity contribution in [3.8, 4) is 0 Å². The molecule has 1 N–H and O–H groups in total. The number of hydrogen-bond acceptors (Lipinski definition) is 4. The van der Waals surface area contributed by atoms with E-state index < -0.39 is 10.0 Å². The van der Waals surface area contributed by atoms with E-state index in [0.717, 1.165) is 44.5 Å². The molecule has 2 aromatic carbocycles. The lowest BCUT2D eigenvalue weighted by Crippen LogP contribution is -2.44. The molecule has 1 unspecified atom stereocenters. The summed E-state index contributed by atoms with van der Waals surface area (Å²) in [6.07, 6.45) is 5.11. The zero-order chi connectivity index (χ0) is 27.2. The second-order valence-electron chi connectivity index (χ2n) is 11.6. The molecule has 3 rings (SSSR count). The van der Waals surface area contributed by atoms with Crippen LogP contribution < -0.4 is 5.32 Å². The molecule has 37 heavy (non-hydrogen) atoms. The Kier molecular flexibility index (Phi) is 9.95. The highest BCUT2D eigenvalue weighted by molar-refractivity contribution is 7.88. The summed E-state index contributed by atoms with van der Waals surface area (Å²) in [6, 6.07) is 16.3. The Balaban J connectivity index is 1.59. The Morgan fingerprint density at radius 3 is 2.32 bits per heavy atom. The number of carbonyl (C=O) groups is 1. The van der Waals surface area contributed by atoms with Gasteiger partial charge in [0.25, 0.3) is 5.91 Å². The van der Waals surface area contributed by atoms with Crippen LogP contribution in [-0.2, 0) is 21.9 Å². The van der Waals surface area contributed by atoms with Gasteiger partial charge in [-0.2, -0.15) is 0 Å². The lowest BCUT2D eigenvalue weighted by molar-refractivity contribution is 0.102. The molecule has 0 bridgehead atoms. The minimum Gasteiger partial charge on any atom is -0.322 e. The van der Waals surface area contributed by atoms with E-state index in [0.29, 0.717) is 30.6 Å². The summed E-state index contributed by atoms with van der Waals surface area (Å²) in [7, 11) is -3.09. The third kappa shape index (κ3) is 8.66. The van der Waals surface area contributed by atoms with Crippen LogP contribution >= 0.6 is 0 Å². The Hall–Kier alpha value is -2.22. The molecule has 1 fully saturated rings. The van der Waals surface area contributed by atoms with Crippen LogP contribution in [0.5, 0.6) is 0 Å². The summed E-state index contributed by atoms with van der Waals surface area (Å²) >= 11 is 0. The number of nitrogens with one attached hydrogen (secondary N) is 1. The maximum Gasteiger partial charge on any atom is 0.255 e. The fourth-order valence-electron chi connectivity index (χ4n) is 5.11. The fraction of sp³-hybridized carbons (Fsp3) is 0.567. The Labute approximate surface area is 224 Å². The van der Waals surface area contributed by atoms with E-state index in [4.69, 9.17) is 0 Å². The van der Waals surface area contributed by atoms with Crippen molar-refractivity contribution >= 4 is 21.6 Å². The number of piperidine rings is 1. The van der Waals surface area contributed by atoms with Gasteiger partial charge in [-0.05, 0) is 85.9 Å². The lowest BCUT2D eigenvalue weighted by Gasteiger charge is -2.36. The van der Waals surface area contributed by atoms with Crippen molar-refractivity contribution in [3.05, 3.63) is 65.2 Å². The number of amides is 1. The molecule has 7 heteroatoms. The first-order valence-corrected chi connectivity index (χ1v) is 15.4. The highest BCUT2D eigenvalue weighted by Gasteiger charge is 2.27. The van der Waals surface area contributed by atoms with Crippen molar-refractivity contribution in [2.75, 3.05) is 37.8 Å². The van der Waals surface area contributed by atoms with Crippen LogP contribution in [0.3, 0.4) is 0 Å². The lowest BCUT2D eigenvalue weighted by atomic mass is 9.87. The van der Waals surface area contributed by atoms with Crippen LogP contribution in [0.4, 0.5) is 5.69 Å². The van der Waals surface area contributed by atoms with Gasteiger partial charge in [-0.15, -0.1) is 0 Å². The molecule has 0 saturated carbocycles. The van der Waals surface area contributed by atoms with Crippen molar-refractivity contribution in [1.82, 2.24) is 9.21 Å². The van der Waals surface area contributed by atoms with Crippen molar-refractivity contribution < 1.29 is 13.2 Å². The molecule has 1 aliphatic heterocycles. The van der Waals surface area contributed by atoms with Crippen LogP contribution in [0.25, 0.3) is 0 Å². The molecule has 0 radical (unpaired) electrons. The van der Waals surface area contributed by atoms with Gasteiger partial charge in [0, 0.05) is 36.9 Å². The van der Waals surface area contributed by atoms with E-state index in [9.17, 15) is 13.2 Å². The van der Waals surface area contributed by atoms with E-state index >= 15 is 0 Å². The maximum absolute atomic E-state index is 12.8. The fourth-order valence-corrected chi connectivity index (χ4v) is 5.98. The Morgan fingerprint density at radius 1 is 1.11 bits per heavy atom. The Morgan fingerprint density at radius 2 is 1.76 bits per heavy atom. The number of benzene rings is 2. The first-order valence-electron chi connectivity index (χ1n) is 13.6. The summed E-state index contributed by atoms with van der Waals surface area (Å²) < 4.78 is 25.3. The van der Waals surface area contributed by atoms with Crippen LogP contribution in [0.2, 0.25) is 0 Å². The van der Waals surface area contributed by atoms with Crippen LogP contribution in [0, 0.1) is 5.92 Å². The second-order valence-corrected chi connectivity index (χ2v) is 13.6. The minimum atomic E-state index is -3.09. The van der Waals surface area contributed by atoms with Crippen molar-refractivity contribution in [3.63, 3.8) is 0 Å². The molecule has 0 spiro atoms. The van der Waals surface area contributed by atoms with Gasteiger partial charge in [0.05, 0.1) is 6.26 Å². The molecule has 1 amide bonds. The Bertz CT molecular complexity index is 1130. The van der Waals surface area contributed by atoms with Gasteiger partial charge in [-0.1, -0.05) is 52.0 Å². The van der Waals surface area contributed by atoms with Crippen LogP contribution in [-0.4, -0.2) is 62.0 Å². The predicted octanol–water partition coefficient (Wildman–Crippen LogP) is 5.55. The molecule has 0 aromatic heterocycles. The quantitative estimate of drug-likeness (QED) is 0.440. The number of nitrogens with zero attached hydrogens (tertiary/aromatic N) is 2. The molecule has 1 aliphatic rings. The van der Waals surface area contributed by atoms with E-state index in [1.54, 1.807) is 4.31 Å². The molecule has 1 heterocycles. The molecule has 1 saturated heterocycles. The van der Waals surface area contributed by atoms with E-state index in [1.807, 2.05) is 36.4 Å². The highest BCUT2D eigenvalue weighted by atomic mass is 32.2. The topological polar surface area (TPSA) is 69.7 Å². The largest absolute Gasteiger partial charge is 0.322 e. The highest BCUT2D eigenvalue weighted by Crippen LogP contribution is 2.24. The van der Waals surface area contributed by atoms with Gasteiger partial charge in [0.1, 0.15) is 0 Å². The van der Waals surface area contributed by atoms with E-state index in [1.165, 1.54) is 17.4 Å². The predicted molar refractivity (Wildman–Crippen MR) is 154 cm³/mol. The summed E-state index contributed by atoms with van der Waals surface area (Å²) in [4.78, 5) is 15.4. The van der Waals surface area contributed by atoms with Gasteiger partial charge in [-0.3, -0.25) is 4.79 Å².